The van der Waals surface area contributed by atoms with Crippen LogP contribution in [0.4, 0.5) is 0 Å². The second-order valence-corrected chi connectivity index (χ2v) is 4.98. The van der Waals surface area contributed by atoms with Gasteiger partial charge in [0.25, 0.3) is 0 Å². The summed E-state index contributed by atoms with van der Waals surface area (Å²) >= 11 is 0. The lowest BCUT2D eigenvalue weighted by molar-refractivity contribution is -0.150. The van der Waals surface area contributed by atoms with Crippen LogP contribution in [0.5, 0.6) is 0 Å². The summed E-state index contributed by atoms with van der Waals surface area (Å²) in [4.78, 5) is 26.9. The van der Waals surface area contributed by atoms with E-state index in [9.17, 15) is 9.59 Å². The molecule has 0 aliphatic carbocycles. The fourth-order valence-corrected chi connectivity index (χ4v) is 2.12. The van der Waals surface area contributed by atoms with Gasteiger partial charge in [-0.05, 0) is 32.6 Å². The maximum atomic E-state index is 11.8. The molecule has 1 fully saturated rings. The first-order chi connectivity index (χ1) is 8.54. The molecule has 1 rings (SSSR count). The zero-order valence-electron chi connectivity index (χ0n) is 11.4. The van der Waals surface area contributed by atoms with E-state index in [-0.39, 0.29) is 31.0 Å². The molecular weight excluding hydrogens is 232 g/mol. The zero-order chi connectivity index (χ0) is 13.5. The molecular formula is C13H24N2O3. The summed E-state index contributed by atoms with van der Waals surface area (Å²) in [6.07, 6.45) is 3.07. The van der Waals surface area contributed by atoms with Crippen molar-refractivity contribution in [1.82, 2.24) is 9.80 Å². The molecule has 5 heteroatoms. The topological polar surface area (TPSA) is 60.9 Å². The van der Waals surface area contributed by atoms with Crippen molar-refractivity contribution in [2.75, 3.05) is 26.2 Å². The fourth-order valence-electron chi connectivity index (χ4n) is 2.12. The molecule has 1 aliphatic heterocycles. The molecule has 0 aromatic heterocycles. The van der Waals surface area contributed by atoms with Crippen molar-refractivity contribution in [3.8, 4) is 0 Å². The first-order valence-electron chi connectivity index (χ1n) is 6.78. The monoisotopic (exact) mass is 256 g/mol. The van der Waals surface area contributed by atoms with Gasteiger partial charge in [0.1, 0.15) is 0 Å². The molecule has 0 spiro atoms. The average Bonchev–Trinajstić information content (AvgIpc) is 2.30. The molecule has 104 valence electrons. The summed E-state index contributed by atoms with van der Waals surface area (Å²) in [6.45, 7) is 5.49. The van der Waals surface area contributed by atoms with Gasteiger partial charge in [0.2, 0.25) is 11.8 Å². The van der Waals surface area contributed by atoms with Crippen LogP contribution < -0.4 is 0 Å². The van der Waals surface area contributed by atoms with Crippen LogP contribution in [0.1, 0.15) is 39.5 Å². The van der Waals surface area contributed by atoms with Crippen molar-refractivity contribution in [3.05, 3.63) is 0 Å². The molecule has 5 nitrogen and oxygen atoms in total. The van der Waals surface area contributed by atoms with E-state index in [0.717, 1.165) is 25.7 Å². The third-order valence-corrected chi connectivity index (χ3v) is 3.15. The Kier molecular flexibility index (Phi) is 6.12. The summed E-state index contributed by atoms with van der Waals surface area (Å²) in [5, 5.41) is 9.14. The molecule has 0 radical (unpaired) electrons. The predicted octanol–water partition coefficient (Wildman–Crippen LogP) is 0.618. The summed E-state index contributed by atoms with van der Waals surface area (Å²) in [6, 6.07) is 0. The maximum Gasteiger partial charge on any atom is 0.242 e. The summed E-state index contributed by atoms with van der Waals surface area (Å²) in [5.74, 6) is 0.0899. The first kappa shape index (κ1) is 15.0. The van der Waals surface area contributed by atoms with Crippen molar-refractivity contribution in [3.63, 3.8) is 0 Å². The van der Waals surface area contributed by atoms with Gasteiger partial charge in [0.05, 0.1) is 19.2 Å². The van der Waals surface area contributed by atoms with Crippen LogP contribution in [-0.4, -0.2) is 59.0 Å². The van der Waals surface area contributed by atoms with E-state index in [1.807, 2.05) is 6.92 Å². The van der Waals surface area contributed by atoms with E-state index in [1.165, 1.54) is 0 Å². The molecule has 2 amide bonds. The van der Waals surface area contributed by atoms with Crippen molar-refractivity contribution in [2.45, 2.75) is 45.6 Å². The van der Waals surface area contributed by atoms with Gasteiger partial charge in [-0.3, -0.25) is 9.59 Å². The van der Waals surface area contributed by atoms with E-state index >= 15 is 0 Å². The molecule has 0 aromatic carbocycles. The van der Waals surface area contributed by atoms with Gasteiger partial charge in [-0.1, -0.05) is 6.92 Å². The van der Waals surface area contributed by atoms with Crippen molar-refractivity contribution < 1.29 is 14.7 Å². The quantitative estimate of drug-likeness (QED) is 0.679. The highest BCUT2D eigenvalue weighted by molar-refractivity contribution is 5.92. The lowest BCUT2D eigenvalue weighted by Crippen LogP contribution is -2.54. The van der Waals surface area contributed by atoms with E-state index < -0.39 is 0 Å². The standard InChI is InChI=1S/C13H24N2O3/c1-3-7-14-9-13(18)15(10-12(14)17)8-5-4-6-11(2)16/h11,16H,3-10H2,1-2H3. The van der Waals surface area contributed by atoms with Crippen LogP contribution >= 0.6 is 0 Å². The molecule has 1 saturated heterocycles. The van der Waals surface area contributed by atoms with Crippen LogP contribution in [-0.2, 0) is 9.59 Å². The highest BCUT2D eigenvalue weighted by Gasteiger charge is 2.28. The van der Waals surface area contributed by atoms with Gasteiger partial charge in [0, 0.05) is 13.1 Å². The fraction of sp³-hybridized carbons (Fsp3) is 0.846. The van der Waals surface area contributed by atoms with E-state index in [4.69, 9.17) is 5.11 Å². The van der Waals surface area contributed by atoms with E-state index in [2.05, 4.69) is 0 Å². The number of aliphatic hydroxyl groups excluding tert-OH is 1. The smallest absolute Gasteiger partial charge is 0.242 e. The highest BCUT2D eigenvalue weighted by Crippen LogP contribution is 2.08. The predicted molar refractivity (Wildman–Crippen MR) is 69.0 cm³/mol. The largest absolute Gasteiger partial charge is 0.393 e. The second kappa shape index (κ2) is 7.36. The minimum Gasteiger partial charge on any atom is -0.393 e. The number of nitrogens with zero attached hydrogens (tertiary/aromatic N) is 2. The first-order valence-corrected chi connectivity index (χ1v) is 6.78. The molecule has 1 heterocycles. The van der Waals surface area contributed by atoms with Crippen LogP contribution in [0.2, 0.25) is 0 Å². The molecule has 18 heavy (non-hydrogen) atoms. The number of amides is 2. The highest BCUT2D eigenvalue weighted by atomic mass is 16.3. The number of hydrogen-bond donors (Lipinski definition) is 1. The minimum absolute atomic E-state index is 0.0418. The summed E-state index contributed by atoms with van der Waals surface area (Å²) in [5.41, 5.74) is 0. The van der Waals surface area contributed by atoms with Crippen molar-refractivity contribution in [1.29, 1.82) is 0 Å². The van der Waals surface area contributed by atoms with Crippen molar-refractivity contribution >= 4 is 11.8 Å². The Bertz CT molecular complexity index is 292. The van der Waals surface area contributed by atoms with Gasteiger partial charge in [-0.15, -0.1) is 0 Å². The Balaban J connectivity index is 2.31. The zero-order valence-corrected chi connectivity index (χ0v) is 11.4. The Hall–Kier alpha value is -1.10. The van der Waals surface area contributed by atoms with E-state index in [1.54, 1.807) is 16.7 Å². The van der Waals surface area contributed by atoms with Gasteiger partial charge < -0.3 is 14.9 Å². The minimum atomic E-state index is -0.288. The molecule has 0 aromatic rings. The number of unbranched alkanes of at least 4 members (excludes halogenated alkanes) is 1. The van der Waals surface area contributed by atoms with Gasteiger partial charge >= 0.3 is 0 Å². The molecule has 1 N–H and O–H groups in total. The number of hydrogen-bond acceptors (Lipinski definition) is 3. The molecule has 1 unspecified atom stereocenters. The number of aliphatic hydroxyl groups is 1. The van der Waals surface area contributed by atoms with Gasteiger partial charge in [-0.25, -0.2) is 0 Å². The van der Waals surface area contributed by atoms with Gasteiger partial charge in [-0.2, -0.15) is 0 Å². The number of piperazine rings is 1. The number of carbonyl (C=O) groups excluding carboxylic acids is 2. The van der Waals surface area contributed by atoms with Crippen LogP contribution in [0.25, 0.3) is 0 Å². The van der Waals surface area contributed by atoms with Crippen molar-refractivity contribution in [2.24, 2.45) is 0 Å². The second-order valence-electron chi connectivity index (χ2n) is 4.98. The Labute approximate surface area is 109 Å². The molecule has 0 bridgehead atoms. The van der Waals surface area contributed by atoms with Crippen LogP contribution in [0.3, 0.4) is 0 Å². The Morgan fingerprint density at radius 2 is 1.67 bits per heavy atom. The number of rotatable bonds is 7. The van der Waals surface area contributed by atoms with Crippen LogP contribution in [0.15, 0.2) is 0 Å². The maximum absolute atomic E-state index is 11.8. The Morgan fingerprint density at radius 1 is 1.11 bits per heavy atom. The molecule has 0 saturated carbocycles. The third-order valence-electron chi connectivity index (χ3n) is 3.15. The third kappa shape index (κ3) is 4.64. The van der Waals surface area contributed by atoms with Gasteiger partial charge in [0.15, 0.2) is 0 Å². The average molecular weight is 256 g/mol. The summed E-state index contributed by atoms with van der Waals surface area (Å²) < 4.78 is 0. The SMILES string of the molecule is CCCN1CC(=O)N(CCCCC(C)O)CC1=O. The summed E-state index contributed by atoms with van der Waals surface area (Å²) in [7, 11) is 0. The normalized spacial score (nSPS) is 18.4. The Morgan fingerprint density at radius 3 is 2.17 bits per heavy atom. The van der Waals surface area contributed by atoms with E-state index in [0.29, 0.717) is 13.1 Å². The lowest BCUT2D eigenvalue weighted by Gasteiger charge is -2.33. The molecule has 1 atom stereocenters. The molecule has 1 aliphatic rings. The lowest BCUT2D eigenvalue weighted by atomic mass is 10.1. The number of carbonyl (C=O) groups is 2. The van der Waals surface area contributed by atoms with Crippen LogP contribution in [0, 0.1) is 0 Å².